The summed E-state index contributed by atoms with van der Waals surface area (Å²) in [6.45, 7) is 7.89. The van der Waals surface area contributed by atoms with Gasteiger partial charge >= 0.3 is 0 Å². The Morgan fingerprint density at radius 2 is 2.00 bits per heavy atom. The first-order chi connectivity index (χ1) is 11.5. The van der Waals surface area contributed by atoms with Gasteiger partial charge in [-0.1, -0.05) is 12.7 Å². The topological polar surface area (TPSA) is 47.6 Å². The molecule has 5 heteroatoms. The van der Waals surface area contributed by atoms with Crippen molar-refractivity contribution in [1.82, 2.24) is 0 Å². The number of halogens is 1. The molecule has 0 unspecified atom stereocenters. The van der Waals surface area contributed by atoms with Crippen LogP contribution >= 0.6 is 0 Å². The number of benzene rings is 2. The summed E-state index contributed by atoms with van der Waals surface area (Å²) in [6.07, 6.45) is 1.63. The molecule has 0 fully saturated rings. The third kappa shape index (κ3) is 4.35. The molecule has 0 heterocycles. The van der Waals surface area contributed by atoms with Crippen molar-refractivity contribution in [2.75, 3.05) is 18.5 Å². The van der Waals surface area contributed by atoms with Gasteiger partial charge in [0.1, 0.15) is 12.4 Å². The van der Waals surface area contributed by atoms with Crippen molar-refractivity contribution >= 4 is 11.6 Å². The highest BCUT2D eigenvalue weighted by Crippen LogP contribution is 2.29. The van der Waals surface area contributed by atoms with Gasteiger partial charge in [-0.05, 0) is 55.8 Å². The van der Waals surface area contributed by atoms with Crippen molar-refractivity contribution in [1.29, 1.82) is 0 Å². The summed E-state index contributed by atoms with van der Waals surface area (Å²) in [7, 11) is 0. The molecule has 126 valence electrons. The fourth-order valence-corrected chi connectivity index (χ4v) is 2.11. The van der Waals surface area contributed by atoms with Gasteiger partial charge in [-0.2, -0.15) is 0 Å². The van der Waals surface area contributed by atoms with E-state index in [0.717, 1.165) is 0 Å². The van der Waals surface area contributed by atoms with Gasteiger partial charge in [-0.25, -0.2) is 4.39 Å². The van der Waals surface area contributed by atoms with Crippen LogP contribution in [0.1, 0.15) is 22.8 Å². The molecule has 0 bridgehead atoms. The molecule has 1 N–H and O–H groups in total. The van der Waals surface area contributed by atoms with Crippen molar-refractivity contribution in [3.05, 3.63) is 66.0 Å². The number of hydrogen-bond acceptors (Lipinski definition) is 3. The fourth-order valence-electron chi connectivity index (χ4n) is 2.11. The van der Waals surface area contributed by atoms with Crippen LogP contribution in [0.2, 0.25) is 0 Å². The molecular weight excluding hydrogens is 309 g/mol. The Morgan fingerprint density at radius 1 is 1.21 bits per heavy atom. The van der Waals surface area contributed by atoms with Crippen LogP contribution in [-0.2, 0) is 0 Å². The normalized spacial score (nSPS) is 10.1. The summed E-state index contributed by atoms with van der Waals surface area (Å²) < 4.78 is 24.3. The molecule has 0 aromatic heterocycles. The first-order valence-electron chi connectivity index (χ1n) is 7.63. The van der Waals surface area contributed by atoms with Crippen LogP contribution in [0.3, 0.4) is 0 Å². The van der Waals surface area contributed by atoms with Crippen molar-refractivity contribution in [2.45, 2.75) is 13.8 Å². The Hall–Kier alpha value is -2.82. The Balaban J connectivity index is 2.20. The summed E-state index contributed by atoms with van der Waals surface area (Å²) in [4.78, 5) is 12.4. The summed E-state index contributed by atoms with van der Waals surface area (Å²) in [5.74, 6) is 0.417. The molecule has 0 aliphatic carbocycles. The monoisotopic (exact) mass is 329 g/mol. The predicted molar refractivity (Wildman–Crippen MR) is 92.4 cm³/mol. The lowest BCUT2D eigenvalue weighted by Crippen LogP contribution is -2.12. The second-order valence-corrected chi connectivity index (χ2v) is 5.11. The minimum atomic E-state index is -0.310. The first kappa shape index (κ1) is 17.5. The Kier molecular flexibility index (Phi) is 5.95. The van der Waals surface area contributed by atoms with Gasteiger partial charge in [0.25, 0.3) is 5.91 Å². The zero-order valence-electron chi connectivity index (χ0n) is 13.8. The molecule has 4 nitrogen and oxygen atoms in total. The second kappa shape index (κ2) is 8.15. The van der Waals surface area contributed by atoms with Crippen molar-refractivity contribution in [2.24, 2.45) is 0 Å². The highest BCUT2D eigenvalue weighted by atomic mass is 19.1. The van der Waals surface area contributed by atoms with Crippen LogP contribution in [-0.4, -0.2) is 19.1 Å². The van der Waals surface area contributed by atoms with Crippen LogP contribution in [0.5, 0.6) is 11.5 Å². The van der Waals surface area contributed by atoms with Gasteiger partial charge in [0.05, 0.1) is 6.61 Å². The maximum atomic E-state index is 13.3. The molecule has 24 heavy (non-hydrogen) atoms. The Labute approximate surface area is 140 Å². The molecule has 0 saturated carbocycles. The van der Waals surface area contributed by atoms with Crippen molar-refractivity contribution in [3.63, 3.8) is 0 Å². The minimum absolute atomic E-state index is 0.308. The molecule has 0 aliphatic rings. The standard InChI is InChI=1S/C19H20FNO3/c1-4-10-24-17-9-6-14(12-18(17)23-5-2)19(22)21-15-7-8-16(20)13(3)11-15/h4,6-9,11-12H,1,5,10H2,2-3H3,(H,21,22). The number of ether oxygens (including phenoxy) is 2. The van der Waals surface area contributed by atoms with Gasteiger partial charge in [-0.15, -0.1) is 0 Å². The minimum Gasteiger partial charge on any atom is -0.490 e. The van der Waals surface area contributed by atoms with E-state index in [1.54, 1.807) is 37.3 Å². The number of carbonyl (C=O) groups excluding carboxylic acids is 1. The quantitative estimate of drug-likeness (QED) is 0.768. The van der Waals surface area contributed by atoms with Gasteiger partial charge in [0.15, 0.2) is 11.5 Å². The first-order valence-corrected chi connectivity index (χ1v) is 7.63. The largest absolute Gasteiger partial charge is 0.490 e. The predicted octanol–water partition coefficient (Wildman–Crippen LogP) is 4.35. The molecule has 0 aliphatic heterocycles. The van der Waals surface area contributed by atoms with E-state index in [2.05, 4.69) is 11.9 Å². The number of rotatable bonds is 7. The number of hydrogen-bond donors (Lipinski definition) is 1. The van der Waals surface area contributed by atoms with E-state index >= 15 is 0 Å². The van der Waals surface area contributed by atoms with Crippen LogP contribution in [0, 0.1) is 12.7 Å². The fraction of sp³-hybridized carbons (Fsp3) is 0.211. The highest BCUT2D eigenvalue weighted by Gasteiger charge is 2.12. The third-order valence-electron chi connectivity index (χ3n) is 3.28. The molecule has 0 spiro atoms. The number of carbonyl (C=O) groups is 1. The highest BCUT2D eigenvalue weighted by molar-refractivity contribution is 6.04. The molecule has 2 rings (SSSR count). The van der Waals surface area contributed by atoms with Crippen molar-refractivity contribution < 1.29 is 18.7 Å². The lowest BCUT2D eigenvalue weighted by Gasteiger charge is -2.13. The average molecular weight is 329 g/mol. The molecule has 2 aromatic carbocycles. The van der Waals surface area contributed by atoms with E-state index in [4.69, 9.17) is 9.47 Å². The number of amides is 1. The SMILES string of the molecule is C=CCOc1ccc(C(=O)Nc2ccc(F)c(C)c2)cc1OCC. The summed E-state index contributed by atoms with van der Waals surface area (Å²) >= 11 is 0. The molecule has 2 aromatic rings. The maximum absolute atomic E-state index is 13.3. The average Bonchev–Trinajstić information content (AvgIpc) is 2.57. The molecule has 0 saturated heterocycles. The van der Waals surface area contributed by atoms with E-state index in [-0.39, 0.29) is 11.7 Å². The van der Waals surface area contributed by atoms with E-state index in [1.807, 2.05) is 6.92 Å². The molecule has 1 amide bonds. The number of anilines is 1. The van der Waals surface area contributed by atoms with E-state index in [9.17, 15) is 9.18 Å². The molecule has 0 atom stereocenters. The molecule has 0 radical (unpaired) electrons. The zero-order valence-corrected chi connectivity index (χ0v) is 13.8. The lowest BCUT2D eigenvalue weighted by atomic mass is 10.1. The lowest BCUT2D eigenvalue weighted by molar-refractivity contribution is 0.102. The zero-order chi connectivity index (χ0) is 17.5. The van der Waals surface area contributed by atoms with Crippen LogP contribution < -0.4 is 14.8 Å². The number of aryl methyl sites for hydroxylation is 1. The van der Waals surface area contributed by atoms with Gasteiger partial charge in [0.2, 0.25) is 0 Å². The number of nitrogens with one attached hydrogen (secondary N) is 1. The van der Waals surface area contributed by atoms with Crippen LogP contribution in [0.25, 0.3) is 0 Å². The maximum Gasteiger partial charge on any atom is 0.255 e. The third-order valence-corrected chi connectivity index (χ3v) is 3.28. The summed E-state index contributed by atoms with van der Waals surface area (Å²) in [5.41, 5.74) is 1.42. The Bertz CT molecular complexity index is 743. The van der Waals surface area contributed by atoms with Crippen molar-refractivity contribution in [3.8, 4) is 11.5 Å². The summed E-state index contributed by atoms with van der Waals surface area (Å²) in [5, 5.41) is 2.74. The Morgan fingerprint density at radius 3 is 2.67 bits per heavy atom. The second-order valence-electron chi connectivity index (χ2n) is 5.11. The van der Waals surface area contributed by atoms with E-state index < -0.39 is 0 Å². The van der Waals surface area contributed by atoms with E-state index in [1.165, 1.54) is 12.1 Å². The van der Waals surface area contributed by atoms with Gasteiger partial charge in [0, 0.05) is 11.3 Å². The van der Waals surface area contributed by atoms with Crippen LogP contribution in [0.15, 0.2) is 49.1 Å². The smallest absolute Gasteiger partial charge is 0.255 e. The summed E-state index contributed by atoms with van der Waals surface area (Å²) in [6, 6.07) is 9.37. The van der Waals surface area contributed by atoms with Gasteiger partial charge < -0.3 is 14.8 Å². The van der Waals surface area contributed by atoms with Crippen LogP contribution in [0.4, 0.5) is 10.1 Å². The van der Waals surface area contributed by atoms with Gasteiger partial charge in [-0.3, -0.25) is 4.79 Å². The van der Waals surface area contributed by atoms with E-state index in [0.29, 0.717) is 41.5 Å². The molecular formula is C19H20FNO3.